The van der Waals surface area contributed by atoms with Crippen molar-refractivity contribution in [2.24, 2.45) is 5.14 Å². The minimum Gasteiger partial charge on any atom is -1.00 e. The SMILES string of the molecule is Cc1cccc(S(N)(=O)=O)c1-c1ccc(F)cc1F.[H-].[Na+]. The van der Waals surface area contributed by atoms with E-state index < -0.39 is 21.7 Å². The second kappa shape index (κ2) is 6.32. The van der Waals surface area contributed by atoms with Gasteiger partial charge in [0.2, 0.25) is 10.0 Å². The van der Waals surface area contributed by atoms with Crippen LogP contribution < -0.4 is 34.7 Å². The summed E-state index contributed by atoms with van der Waals surface area (Å²) in [6.07, 6.45) is 0. The smallest absolute Gasteiger partial charge is 1.00 e. The van der Waals surface area contributed by atoms with Crippen molar-refractivity contribution >= 4 is 10.0 Å². The Hall–Kier alpha value is -0.790. The summed E-state index contributed by atoms with van der Waals surface area (Å²) in [4.78, 5) is -0.182. The summed E-state index contributed by atoms with van der Waals surface area (Å²) in [5, 5.41) is 5.12. The Bertz CT molecular complexity index is 754. The van der Waals surface area contributed by atoms with Crippen LogP contribution in [0.5, 0.6) is 0 Å². The Morgan fingerprint density at radius 2 is 1.80 bits per heavy atom. The Morgan fingerprint density at radius 3 is 2.35 bits per heavy atom. The number of aryl methyl sites for hydroxylation is 1. The van der Waals surface area contributed by atoms with Crippen molar-refractivity contribution in [3.63, 3.8) is 0 Å². The van der Waals surface area contributed by atoms with Gasteiger partial charge in [0, 0.05) is 17.2 Å². The van der Waals surface area contributed by atoms with Crippen molar-refractivity contribution in [1.82, 2.24) is 0 Å². The van der Waals surface area contributed by atoms with Gasteiger partial charge in [-0.15, -0.1) is 0 Å². The summed E-state index contributed by atoms with van der Waals surface area (Å²) in [6, 6.07) is 7.40. The molecule has 2 aromatic rings. The molecule has 0 bridgehead atoms. The summed E-state index contributed by atoms with van der Waals surface area (Å²) in [5.74, 6) is -1.56. The van der Waals surface area contributed by atoms with Crippen LogP contribution in [0.4, 0.5) is 8.78 Å². The van der Waals surface area contributed by atoms with Crippen molar-refractivity contribution in [1.29, 1.82) is 0 Å². The zero-order chi connectivity index (χ0) is 14.2. The van der Waals surface area contributed by atoms with E-state index in [4.69, 9.17) is 5.14 Å². The second-order valence-corrected chi connectivity index (χ2v) is 5.65. The van der Waals surface area contributed by atoms with Gasteiger partial charge in [-0.2, -0.15) is 0 Å². The number of nitrogens with two attached hydrogens (primary N) is 1. The molecule has 0 aromatic heterocycles. The first-order valence-electron chi connectivity index (χ1n) is 5.38. The maximum Gasteiger partial charge on any atom is 1.00 e. The van der Waals surface area contributed by atoms with Crippen LogP contribution in [0.2, 0.25) is 0 Å². The number of hydrogen-bond acceptors (Lipinski definition) is 2. The number of benzene rings is 2. The van der Waals surface area contributed by atoms with Crippen molar-refractivity contribution < 1.29 is 48.2 Å². The number of halogens is 2. The molecule has 0 aliphatic carbocycles. The fourth-order valence-electron chi connectivity index (χ4n) is 1.92. The van der Waals surface area contributed by atoms with Crippen molar-refractivity contribution in [2.45, 2.75) is 11.8 Å². The molecular formula is C13H12F2NNaO2S. The van der Waals surface area contributed by atoms with Gasteiger partial charge in [0.25, 0.3) is 0 Å². The first kappa shape index (κ1) is 17.3. The monoisotopic (exact) mass is 307 g/mol. The van der Waals surface area contributed by atoms with Crippen molar-refractivity contribution in [3.05, 3.63) is 53.6 Å². The van der Waals surface area contributed by atoms with E-state index in [1.807, 2.05) is 0 Å². The maximum absolute atomic E-state index is 13.8. The molecule has 0 aliphatic heterocycles. The molecule has 0 aliphatic rings. The van der Waals surface area contributed by atoms with Gasteiger partial charge in [0.15, 0.2) is 0 Å². The molecule has 0 atom stereocenters. The van der Waals surface area contributed by atoms with Gasteiger partial charge in [-0.25, -0.2) is 22.3 Å². The third-order valence-electron chi connectivity index (χ3n) is 2.74. The molecule has 20 heavy (non-hydrogen) atoms. The van der Waals surface area contributed by atoms with E-state index in [1.165, 1.54) is 18.2 Å². The number of rotatable bonds is 2. The minimum atomic E-state index is -3.99. The van der Waals surface area contributed by atoms with E-state index in [0.29, 0.717) is 11.6 Å². The molecule has 0 unspecified atom stereocenters. The summed E-state index contributed by atoms with van der Waals surface area (Å²) in [6.45, 7) is 1.63. The Morgan fingerprint density at radius 1 is 1.15 bits per heavy atom. The van der Waals surface area contributed by atoms with Gasteiger partial charge in [-0.05, 0) is 30.7 Å². The van der Waals surface area contributed by atoms with Crippen molar-refractivity contribution in [3.8, 4) is 11.1 Å². The Labute approximate surface area is 139 Å². The number of primary sulfonamides is 1. The first-order valence-corrected chi connectivity index (χ1v) is 6.93. The molecule has 0 amide bonds. The van der Waals surface area contributed by atoms with Gasteiger partial charge < -0.3 is 1.43 Å². The topological polar surface area (TPSA) is 60.2 Å². The van der Waals surface area contributed by atoms with Gasteiger partial charge in [0.1, 0.15) is 11.6 Å². The van der Waals surface area contributed by atoms with Gasteiger partial charge in [0.05, 0.1) is 4.90 Å². The largest absolute Gasteiger partial charge is 1.00 e. The zero-order valence-electron chi connectivity index (χ0n) is 12.0. The van der Waals surface area contributed by atoms with Gasteiger partial charge in [-0.3, -0.25) is 0 Å². The molecular weight excluding hydrogens is 295 g/mol. The predicted octanol–water partition coefficient (Wildman–Crippen LogP) is -0.296. The van der Waals surface area contributed by atoms with Crippen LogP contribution >= 0.6 is 0 Å². The molecule has 0 radical (unpaired) electrons. The van der Waals surface area contributed by atoms with E-state index in [-0.39, 0.29) is 47.0 Å². The quantitative estimate of drug-likeness (QED) is 0.775. The van der Waals surface area contributed by atoms with E-state index in [9.17, 15) is 17.2 Å². The summed E-state index contributed by atoms with van der Waals surface area (Å²) in [5.41, 5.74) is 0.697. The first-order chi connectivity index (χ1) is 8.80. The van der Waals surface area contributed by atoms with Crippen molar-refractivity contribution in [2.75, 3.05) is 0 Å². The van der Waals surface area contributed by atoms with Gasteiger partial charge >= 0.3 is 29.6 Å². The molecule has 2 aromatic carbocycles. The average Bonchev–Trinajstić information content (AvgIpc) is 2.28. The molecule has 0 saturated carbocycles. The standard InChI is InChI=1S/C13H11F2NO2S.Na.H/c1-8-3-2-4-12(19(16,17)18)13(8)10-6-5-9(14)7-11(10)15;;/h2-7H,1H3,(H2,16,17,18);;/q;+1;-1. The van der Waals surface area contributed by atoms with Crippen LogP contribution in [0.1, 0.15) is 6.99 Å². The van der Waals surface area contributed by atoms with Crippen LogP contribution in [-0.2, 0) is 10.0 Å². The van der Waals surface area contributed by atoms with Crippen LogP contribution in [0.3, 0.4) is 0 Å². The molecule has 0 spiro atoms. The van der Waals surface area contributed by atoms with Crippen LogP contribution in [-0.4, -0.2) is 8.42 Å². The van der Waals surface area contributed by atoms with Crippen LogP contribution in [0.15, 0.2) is 41.3 Å². The maximum atomic E-state index is 13.8. The van der Waals surface area contributed by atoms with Crippen LogP contribution in [0.25, 0.3) is 11.1 Å². The summed E-state index contributed by atoms with van der Waals surface area (Å²) < 4.78 is 49.8. The summed E-state index contributed by atoms with van der Waals surface area (Å²) >= 11 is 0. The molecule has 7 heteroatoms. The fraction of sp³-hybridized carbons (Fsp3) is 0.0769. The van der Waals surface area contributed by atoms with Gasteiger partial charge in [-0.1, -0.05) is 12.1 Å². The van der Waals surface area contributed by atoms with E-state index in [0.717, 1.165) is 6.07 Å². The third kappa shape index (κ3) is 3.45. The predicted molar refractivity (Wildman–Crippen MR) is 69.0 cm³/mol. The third-order valence-corrected chi connectivity index (χ3v) is 3.69. The van der Waals surface area contributed by atoms with E-state index >= 15 is 0 Å². The Kier molecular flexibility index (Phi) is 5.46. The molecule has 0 heterocycles. The fourth-order valence-corrected chi connectivity index (χ4v) is 2.74. The molecule has 3 nitrogen and oxygen atoms in total. The zero-order valence-corrected chi connectivity index (χ0v) is 13.8. The summed E-state index contributed by atoms with van der Waals surface area (Å²) in [7, 11) is -3.99. The van der Waals surface area contributed by atoms with Crippen LogP contribution in [0, 0.1) is 18.6 Å². The molecule has 2 N–H and O–H groups in total. The average molecular weight is 307 g/mol. The molecule has 0 fully saturated rings. The number of sulfonamides is 1. The second-order valence-electron chi connectivity index (χ2n) is 4.12. The molecule has 0 saturated heterocycles. The van der Waals surface area contributed by atoms with E-state index in [2.05, 4.69) is 0 Å². The van der Waals surface area contributed by atoms with E-state index in [1.54, 1.807) is 13.0 Å². The molecule has 102 valence electrons. The number of hydrogen-bond donors (Lipinski definition) is 1. The Balaban J connectivity index is 0.00000200. The normalized spacial score (nSPS) is 11.0. The molecule has 2 rings (SSSR count). The minimum absolute atomic E-state index is 0.